The Bertz CT molecular complexity index is 556. The minimum atomic E-state index is 0.00584. The number of ether oxygens (including phenoxy) is 2. The molecule has 2 amide bonds. The van der Waals surface area contributed by atoms with Crippen LogP contribution in [-0.2, 0) is 6.42 Å². The molecular formula is C17H25N3O3. The molecule has 0 aromatic heterocycles. The van der Waals surface area contributed by atoms with Crippen molar-refractivity contribution in [3.05, 3.63) is 23.8 Å². The molecule has 1 fully saturated rings. The number of fused-ring (bicyclic) bond motifs is 1. The van der Waals surface area contributed by atoms with E-state index in [9.17, 15) is 4.79 Å². The molecule has 126 valence electrons. The van der Waals surface area contributed by atoms with Crippen LogP contribution in [0.25, 0.3) is 0 Å². The first kappa shape index (κ1) is 15.9. The number of likely N-dealkylation sites (N-methyl/N-ethyl adjacent to an activating group) is 1. The second kappa shape index (κ2) is 7.08. The molecule has 0 radical (unpaired) electrons. The fourth-order valence-corrected chi connectivity index (χ4v) is 3.12. The average molecular weight is 319 g/mol. The van der Waals surface area contributed by atoms with Gasteiger partial charge in [0.15, 0.2) is 0 Å². The standard InChI is InChI=1S/C17H25N3O3/c1-3-19-6-8-20(9-7-19)17(21)18-14-10-13-11-15(22-2)4-5-16(13)23-12-14/h4-5,11,14H,3,6-10,12H2,1-2H3,(H,18,21). The van der Waals surface area contributed by atoms with Crippen molar-refractivity contribution in [2.24, 2.45) is 0 Å². The number of amides is 2. The summed E-state index contributed by atoms with van der Waals surface area (Å²) < 4.78 is 11.0. The Kier molecular flexibility index (Phi) is 4.91. The van der Waals surface area contributed by atoms with Gasteiger partial charge in [0.05, 0.1) is 13.2 Å². The Balaban J connectivity index is 1.55. The summed E-state index contributed by atoms with van der Waals surface area (Å²) in [6, 6.07) is 5.82. The molecule has 1 aromatic rings. The third-order valence-corrected chi connectivity index (χ3v) is 4.61. The largest absolute Gasteiger partial charge is 0.497 e. The van der Waals surface area contributed by atoms with E-state index in [4.69, 9.17) is 9.47 Å². The SMILES string of the molecule is CCN1CCN(C(=O)NC2COc3ccc(OC)cc3C2)CC1. The van der Waals surface area contributed by atoms with Crippen LogP contribution in [0.2, 0.25) is 0 Å². The summed E-state index contributed by atoms with van der Waals surface area (Å²) in [6.45, 7) is 7.19. The Morgan fingerprint density at radius 3 is 2.83 bits per heavy atom. The lowest BCUT2D eigenvalue weighted by molar-refractivity contribution is 0.136. The summed E-state index contributed by atoms with van der Waals surface area (Å²) in [4.78, 5) is 16.7. The highest BCUT2D eigenvalue weighted by Crippen LogP contribution is 2.28. The Hall–Kier alpha value is -1.95. The van der Waals surface area contributed by atoms with Crippen molar-refractivity contribution in [1.29, 1.82) is 0 Å². The van der Waals surface area contributed by atoms with E-state index in [0.29, 0.717) is 6.61 Å². The summed E-state index contributed by atoms with van der Waals surface area (Å²) in [6.07, 6.45) is 0.771. The van der Waals surface area contributed by atoms with Crippen molar-refractivity contribution < 1.29 is 14.3 Å². The monoisotopic (exact) mass is 319 g/mol. The van der Waals surface area contributed by atoms with Crippen LogP contribution in [0.1, 0.15) is 12.5 Å². The molecule has 1 N–H and O–H groups in total. The van der Waals surface area contributed by atoms with Crippen LogP contribution in [0.4, 0.5) is 4.79 Å². The van der Waals surface area contributed by atoms with Gasteiger partial charge in [-0.1, -0.05) is 6.92 Å². The minimum Gasteiger partial charge on any atom is -0.497 e. The molecule has 0 saturated carbocycles. The molecule has 0 bridgehead atoms. The van der Waals surface area contributed by atoms with Gasteiger partial charge in [-0.05, 0) is 36.7 Å². The summed E-state index contributed by atoms with van der Waals surface area (Å²) in [7, 11) is 1.65. The van der Waals surface area contributed by atoms with E-state index in [1.165, 1.54) is 0 Å². The maximum atomic E-state index is 12.4. The van der Waals surface area contributed by atoms with E-state index in [2.05, 4.69) is 17.1 Å². The van der Waals surface area contributed by atoms with Crippen LogP contribution in [0, 0.1) is 0 Å². The Morgan fingerprint density at radius 2 is 2.13 bits per heavy atom. The highest BCUT2D eigenvalue weighted by molar-refractivity contribution is 5.74. The van der Waals surface area contributed by atoms with Gasteiger partial charge in [0.25, 0.3) is 0 Å². The first-order chi connectivity index (χ1) is 11.2. The lowest BCUT2D eigenvalue weighted by atomic mass is 10.0. The zero-order valence-corrected chi connectivity index (χ0v) is 13.9. The number of benzene rings is 1. The lowest BCUT2D eigenvalue weighted by Gasteiger charge is -2.35. The number of hydrogen-bond acceptors (Lipinski definition) is 4. The number of rotatable bonds is 3. The van der Waals surface area contributed by atoms with E-state index < -0.39 is 0 Å². The van der Waals surface area contributed by atoms with Crippen molar-refractivity contribution >= 4 is 6.03 Å². The number of hydrogen-bond donors (Lipinski definition) is 1. The minimum absolute atomic E-state index is 0.00584. The van der Waals surface area contributed by atoms with E-state index >= 15 is 0 Å². The summed E-state index contributed by atoms with van der Waals surface area (Å²) in [5, 5.41) is 3.10. The summed E-state index contributed by atoms with van der Waals surface area (Å²) in [5.41, 5.74) is 1.08. The first-order valence-corrected chi connectivity index (χ1v) is 8.27. The fraction of sp³-hybridized carbons (Fsp3) is 0.588. The van der Waals surface area contributed by atoms with Crippen molar-refractivity contribution in [3.63, 3.8) is 0 Å². The second-order valence-electron chi connectivity index (χ2n) is 6.06. The average Bonchev–Trinajstić information content (AvgIpc) is 2.61. The second-order valence-corrected chi connectivity index (χ2v) is 6.06. The maximum Gasteiger partial charge on any atom is 0.317 e. The molecule has 6 heteroatoms. The predicted octanol–water partition coefficient (Wildman–Crippen LogP) is 1.35. The number of piperazine rings is 1. The summed E-state index contributed by atoms with van der Waals surface area (Å²) in [5.74, 6) is 1.70. The van der Waals surface area contributed by atoms with Gasteiger partial charge >= 0.3 is 6.03 Å². The van der Waals surface area contributed by atoms with Crippen LogP contribution in [0.3, 0.4) is 0 Å². The molecule has 1 unspecified atom stereocenters. The van der Waals surface area contributed by atoms with Crippen molar-refractivity contribution in [1.82, 2.24) is 15.1 Å². The first-order valence-electron chi connectivity index (χ1n) is 8.27. The van der Waals surface area contributed by atoms with Crippen LogP contribution < -0.4 is 14.8 Å². The number of methoxy groups -OCH3 is 1. The molecular weight excluding hydrogens is 294 g/mol. The third kappa shape index (κ3) is 3.69. The van der Waals surface area contributed by atoms with Gasteiger partial charge < -0.3 is 24.6 Å². The van der Waals surface area contributed by atoms with E-state index in [1.54, 1.807) is 7.11 Å². The maximum absolute atomic E-state index is 12.4. The Labute approximate surface area is 137 Å². The predicted molar refractivity (Wildman–Crippen MR) is 88.2 cm³/mol. The molecule has 2 heterocycles. The molecule has 1 aromatic carbocycles. The van der Waals surface area contributed by atoms with Gasteiger partial charge in [0, 0.05) is 26.2 Å². The molecule has 2 aliphatic heterocycles. The number of nitrogens with one attached hydrogen (secondary N) is 1. The van der Waals surface area contributed by atoms with E-state index in [-0.39, 0.29) is 12.1 Å². The van der Waals surface area contributed by atoms with Gasteiger partial charge in [-0.3, -0.25) is 0 Å². The molecule has 6 nitrogen and oxygen atoms in total. The van der Waals surface area contributed by atoms with E-state index in [0.717, 1.165) is 56.2 Å². The van der Waals surface area contributed by atoms with Crippen LogP contribution >= 0.6 is 0 Å². The molecule has 1 atom stereocenters. The van der Waals surface area contributed by atoms with Crippen LogP contribution in [0.15, 0.2) is 18.2 Å². The number of nitrogens with zero attached hydrogens (tertiary/aromatic N) is 2. The molecule has 1 saturated heterocycles. The zero-order chi connectivity index (χ0) is 16.2. The quantitative estimate of drug-likeness (QED) is 0.914. The number of carbonyl (C=O) groups excluding carboxylic acids is 1. The fourth-order valence-electron chi connectivity index (χ4n) is 3.12. The topological polar surface area (TPSA) is 54.0 Å². The molecule has 0 aliphatic carbocycles. The van der Waals surface area contributed by atoms with Gasteiger partial charge in [-0.25, -0.2) is 4.79 Å². The van der Waals surface area contributed by atoms with Crippen molar-refractivity contribution in [2.45, 2.75) is 19.4 Å². The molecule has 2 aliphatic rings. The number of carbonyl (C=O) groups is 1. The number of urea groups is 1. The highest BCUT2D eigenvalue weighted by Gasteiger charge is 2.25. The van der Waals surface area contributed by atoms with Crippen molar-refractivity contribution in [3.8, 4) is 11.5 Å². The normalized spacial score (nSPS) is 21.3. The van der Waals surface area contributed by atoms with E-state index in [1.807, 2.05) is 23.1 Å². The molecule has 3 rings (SSSR count). The molecule has 0 spiro atoms. The zero-order valence-electron chi connectivity index (χ0n) is 13.9. The highest BCUT2D eigenvalue weighted by atomic mass is 16.5. The van der Waals surface area contributed by atoms with Crippen LogP contribution in [0.5, 0.6) is 11.5 Å². The van der Waals surface area contributed by atoms with Crippen LogP contribution in [-0.4, -0.2) is 68.3 Å². The van der Waals surface area contributed by atoms with Gasteiger partial charge in [0.2, 0.25) is 0 Å². The van der Waals surface area contributed by atoms with Crippen molar-refractivity contribution in [2.75, 3.05) is 46.4 Å². The third-order valence-electron chi connectivity index (χ3n) is 4.61. The molecule has 23 heavy (non-hydrogen) atoms. The smallest absolute Gasteiger partial charge is 0.317 e. The van der Waals surface area contributed by atoms with Gasteiger partial charge in [-0.2, -0.15) is 0 Å². The van der Waals surface area contributed by atoms with Gasteiger partial charge in [0.1, 0.15) is 18.1 Å². The Morgan fingerprint density at radius 1 is 1.35 bits per heavy atom. The lowest BCUT2D eigenvalue weighted by Crippen LogP contribution is -2.54. The van der Waals surface area contributed by atoms with Gasteiger partial charge in [-0.15, -0.1) is 0 Å². The summed E-state index contributed by atoms with van der Waals surface area (Å²) >= 11 is 0.